The molecular formula is C33H29N5O6. The van der Waals surface area contributed by atoms with E-state index in [0.717, 1.165) is 10.9 Å². The van der Waals surface area contributed by atoms with Gasteiger partial charge in [-0.15, -0.1) is 0 Å². The number of hydrogen-bond acceptors (Lipinski definition) is 6. The number of benzene rings is 3. The molecule has 2 N–H and O–H groups in total. The molecule has 0 bridgehead atoms. The fourth-order valence-electron chi connectivity index (χ4n) is 5.54. The average Bonchev–Trinajstić information content (AvgIpc) is 3.67. The third kappa shape index (κ3) is 5.19. The molecule has 44 heavy (non-hydrogen) atoms. The van der Waals surface area contributed by atoms with Gasteiger partial charge in [0.15, 0.2) is 5.78 Å². The van der Waals surface area contributed by atoms with Crippen LogP contribution in [-0.2, 0) is 11.3 Å². The van der Waals surface area contributed by atoms with Crippen molar-refractivity contribution in [2.24, 2.45) is 0 Å². The lowest BCUT2D eigenvalue weighted by Crippen LogP contribution is -2.33. The molecule has 11 nitrogen and oxygen atoms in total. The van der Waals surface area contributed by atoms with Crippen molar-refractivity contribution >= 4 is 57.2 Å². The second-order valence-electron chi connectivity index (χ2n) is 10.3. The zero-order valence-electron chi connectivity index (χ0n) is 23.9. The lowest BCUT2D eigenvalue weighted by atomic mass is 10.1. The zero-order valence-corrected chi connectivity index (χ0v) is 23.9. The number of Topliss-reactive ketones (excluding diaryl/α,β-unsaturated/α-hetero) is 1. The van der Waals surface area contributed by atoms with Crippen LogP contribution >= 0.6 is 0 Å². The number of anilines is 1. The summed E-state index contributed by atoms with van der Waals surface area (Å²) in [5, 5.41) is 6.72. The van der Waals surface area contributed by atoms with Gasteiger partial charge < -0.3 is 19.9 Å². The summed E-state index contributed by atoms with van der Waals surface area (Å²) in [6.45, 7) is 2.38. The van der Waals surface area contributed by atoms with Crippen molar-refractivity contribution in [1.82, 2.24) is 19.4 Å². The molecule has 0 saturated carbocycles. The Kier molecular flexibility index (Phi) is 7.67. The third-order valence-electron chi connectivity index (χ3n) is 7.58. The minimum Gasteiger partial charge on any atom is -0.449 e. The highest BCUT2D eigenvalue weighted by molar-refractivity contribution is 6.21. The van der Waals surface area contributed by atoms with Crippen LogP contribution in [0.3, 0.4) is 0 Å². The number of aryl methyl sites for hydroxylation is 1. The van der Waals surface area contributed by atoms with Crippen LogP contribution in [-0.4, -0.2) is 63.5 Å². The molecule has 1 aliphatic rings. The maximum atomic E-state index is 13.3. The number of ether oxygens (including phenoxy) is 1. The molecule has 0 unspecified atom stereocenters. The van der Waals surface area contributed by atoms with Crippen molar-refractivity contribution < 1.29 is 28.7 Å². The number of aromatic nitrogens is 2. The number of para-hydroxylation sites is 2. The molecule has 0 radical (unpaired) electrons. The van der Waals surface area contributed by atoms with Gasteiger partial charge in [-0.05, 0) is 37.6 Å². The van der Waals surface area contributed by atoms with Crippen molar-refractivity contribution in [3.63, 3.8) is 0 Å². The Morgan fingerprint density at radius 2 is 1.41 bits per heavy atom. The quantitative estimate of drug-likeness (QED) is 0.177. The first kappa shape index (κ1) is 28.4. The van der Waals surface area contributed by atoms with Crippen LogP contribution in [0.2, 0.25) is 0 Å². The topological polar surface area (TPSA) is 132 Å². The number of amides is 4. The minimum absolute atomic E-state index is 0.208. The summed E-state index contributed by atoms with van der Waals surface area (Å²) in [5.41, 5.74) is 3.08. The summed E-state index contributed by atoms with van der Waals surface area (Å²) < 4.78 is 8.35. The van der Waals surface area contributed by atoms with Crippen LogP contribution in [0.1, 0.15) is 44.4 Å². The maximum Gasteiger partial charge on any atom is 0.418 e. The monoisotopic (exact) mass is 591 g/mol. The summed E-state index contributed by atoms with van der Waals surface area (Å²) >= 11 is 0. The number of hydrogen-bond donors (Lipinski definition) is 2. The maximum absolute atomic E-state index is 13.3. The molecule has 0 atom stereocenters. The van der Waals surface area contributed by atoms with E-state index in [4.69, 9.17) is 4.74 Å². The van der Waals surface area contributed by atoms with Gasteiger partial charge in [-0.1, -0.05) is 48.5 Å². The number of urea groups is 1. The highest BCUT2D eigenvalue weighted by Crippen LogP contribution is 2.27. The van der Waals surface area contributed by atoms with E-state index in [-0.39, 0.29) is 37.3 Å². The van der Waals surface area contributed by atoms with Crippen molar-refractivity contribution in [2.45, 2.75) is 19.9 Å². The number of rotatable bonds is 9. The Morgan fingerprint density at radius 1 is 0.773 bits per heavy atom. The van der Waals surface area contributed by atoms with Gasteiger partial charge in [0, 0.05) is 47.3 Å². The van der Waals surface area contributed by atoms with Gasteiger partial charge >= 0.3 is 12.1 Å². The second kappa shape index (κ2) is 11.9. The minimum atomic E-state index is -0.602. The molecule has 0 aliphatic carbocycles. The summed E-state index contributed by atoms with van der Waals surface area (Å²) in [7, 11) is 0. The van der Waals surface area contributed by atoms with Crippen LogP contribution in [0.5, 0.6) is 0 Å². The van der Waals surface area contributed by atoms with Gasteiger partial charge in [-0.25, -0.2) is 9.59 Å². The van der Waals surface area contributed by atoms with Gasteiger partial charge in [0.05, 0.1) is 35.5 Å². The van der Waals surface area contributed by atoms with Gasteiger partial charge in [-0.3, -0.25) is 23.9 Å². The molecule has 0 fully saturated rings. The van der Waals surface area contributed by atoms with E-state index in [1.807, 2.05) is 28.8 Å². The molecule has 4 amide bonds. The standard InChI is InChI=1S/C33H29N5O6/c1-2-44-33(43)38-20-26(24-13-6-8-15-28(24)38)35-32(42)34-18-29(39)25-19-36(27-14-7-5-10-21(25)27)16-9-17-37-30(40)22-11-3-4-12-23(22)31(37)41/h3-8,10-15,19-20H,2,9,16-18H2,1H3,(H2,34,35,42). The fourth-order valence-corrected chi connectivity index (χ4v) is 5.54. The van der Waals surface area contributed by atoms with Crippen LogP contribution in [0.15, 0.2) is 85.2 Å². The molecule has 0 spiro atoms. The fraction of sp³-hybridized carbons (Fsp3) is 0.182. The molecular weight excluding hydrogens is 562 g/mol. The van der Waals surface area contributed by atoms with Crippen LogP contribution < -0.4 is 10.6 Å². The van der Waals surface area contributed by atoms with E-state index in [2.05, 4.69) is 10.6 Å². The van der Waals surface area contributed by atoms with Gasteiger partial charge in [0.1, 0.15) is 0 Å². The van der Waals surface area contributed by atoms with Crippen molar-refractivity contribution in [1.29, 1.82) is 0 Å². The SMILES string of the molecule is CCOC(=O)n1cc(NC(=O)NCC(=O)c2cn(CCCN3C(=O)c4ccccc4C3=O)c3ccccc23)c2ccccc21. The first-order valence-corrected chi connectivity index (χ1v) is 14.3. The Balaban J connectivity index is 1.11. The molecule has 3 heterocycles. The normalized spacial score (nSPS) is 12.5. The van der Waals surface area contributed by atoms with Gasteiger partial charge in [-0.2, -0.15) is 0 Å². The largest absolute Gasteiger partial charge is 0.449 e. The number of nitrogens with zero attached hydrogens (tertiary/aromatic N) is 3. The van der Waals surface area contributed by atoms with E-state index in [0.29, 0.717) is 46.2 Å². The lowest BCUT2D eigenvalue weighted by Gasteiger charge is -2.14. The Labute approximate surface area is 252 Å². The number of ketones is 1. The first-order chi connectivity index (χ1) is 21.4. The van der Waals surface area contributed by atoms with Gasteiger partial charge in [0.25, 0.3) is 11.8 Å². The van der Waals surface area contributed by atoms with E-state index < -0.39 is 12.1 Å². The van der Waals surface area contributed by atoms with Crippen LogP contribution in [0.4, 0.5) is 15.3 Å². The Hall–Kier alpha value is -5.71. The first-order valence-electron chi connectivity index (χ1n) is 14.3. The summed E-state index contributed by atoms with van der Waals surface area (Å²) in [6.07, 6.45) is 3.16. The third-order valence-corrected chi connectivity index (χ3v) is 7.58. The van der Waals surface area contributed by atoms with E-state index in [1.54, 1.807) is 61.7 Å². The highest BCUT2D eigenvalue weighted by Gasteiger charge is 2.34. The van der Waals surface area contributed by atoms with Gasteiger partial charge in [0.2, 0.25) is 0 Å². The number of carbonyl (C=O) groups excluding carboxylic acids is 5. The molecule has 3 aromatic carbocycles. The number of nitrogens with one attached hydrogen (secondary N) is 2. The predicted octanol–water partition coefficient (Wildman–Crippen LogP) is 5.29. The highest BCUT2D eigenvalue weighted by atomic mass is 16.5. The van der Waals surface area contributed by atoms with E-state index in [1.165, 1.54) is 15.7 Å². The Bertz CT molecular complexity index is 1920. The number of carbonyl (C=O) groups is 5. The zero-order chi connectivity index (χ0) is 30.8. The van der Waals surface area contributed by atoms with Crippen molar-refractivity contribution in [3.05, 3.63) is 102 Å². The van der Waals surface area contributed by atoms with Crippen LogP contribution in [0, 0.1) is 0 Å². The molecule has 2 aromatic heterocycles. The van der Waals surface area contributed by atoms with Crippen molar-refractivity contribution in [2.75, 3.05) is 25.0 Å². The smallest absolute Gasteiger partial charge is 0.418 e. The molecule has 222 valence electrons. The molecule has 6 rings (SSSR count). The average molecular weight is 592 g/mol. The molecule has 5 aromatic rings. The van der Waals surface area contributed by atoms with Crippen LogP contribution in [0.25, 0.3) is 21.8 Å². The predicted molar refractivity (Wildman–Crippen MR) is 164 cm³/mol. The van der Waals surface area contributed by atoms with E-state index in [9.17, 15) is 24.0 Å². The number of imide groups is 1. The summed E-state index contributed by atoms with van der Waals surface area (Å²) in [5.74, 6) is -0.883. The summed E-state index contributed by atoms with van der Waals surface area (Å²) in [4.78, 5) is 65.1. The molecule has 0 saturated heterocycles. The molecule has 1 aliphatic heterocycles. The lowest BCUT2D eigenvalue weighted by molar-refractivity contribution is 0.0650. The van der Waals surface area contributed by atoms with Crippen molar-refractivity contribution in [3.8, 4) is 0 Å². The van der Waals surface area contributed by atoms with E-state index >= 15 is 0 Å². The number of fused-ring (bicyclic) bond motifs is 3. The second-order valence-corrected chi connectivity index (χ2v) is 10.3. The molecule has 11 heteroatoms. The Morgan fingerprint density at radius 3 is 2.11 bits per heavy atom. The summed E-state index contributed by atoms with van der Waals surface area (Å²) in [6, 6.07) is 20.7.